The van der Waals surface area contributed by atoms with Crippen molar-refractivity contribution in [1.82, 2.24) is 0 Å². The van der Waals surface area contributed by atoms with Crippen molar-refractivity contribution in [2.45, 2.75) is 0 Å². The molecule has 0 nitrogen and oxygen atoms in total. The fourth-order valence-corrected chi connectivity index (χ4v) is 116. The second kappa shape index (κ2) is 70.3. The Kier molecular flexibility index (Phi) is 305. The second-order valence-corrected chi connectivity index (χ2v) is 36.5. The van der Waals surface area contributed by atoms with Gasteiger partial charge in [-0.25, -0.2) is 0 Å². The van der Waals surface area contributed by atoms with Gasteiger partial charge in [0.2, 0.25) is 0 Å². The van der Waals surface area contributed by atoms with Crippen LogP contribution in [-0.4, -0.2) is 235 Å². The molecule has 0 aromatic rings. The average Bonchev–Trinajstić information content (AvgIpc) is 1.72. The molecule has 18 heteroatoms. The van der Waals surface area contributed by atoms with Gasteiger partial charge in [-0.3, -0.25) is 0 Å². The van der Waals surface area contributed by atoms with Gasteiger partial charge in [0.15, 0.2) is 0 Å². The molecule has 0 amide bonds. The SMILES string of the molecule is [Ba+2].[Ba+2].[Ba+2].[Ba+2].[Cl-].[Cl-].[SH-].[SH-].[SH-].[SH-].[SH-].[SH-].[S]1[Ge][S][Ge][S][Ge]1. The van der Waals surface area contributed by atoms with Gasteiger partial charge in [0.1, 0.15) is 0 Å². The fraction of sp³-hybridized carbons (Fsp3) is 0. The summed E-state index contributed by atoms with van der Waals surface area (Å²) in [5.41, 5.74) is 0. The molecule has 94 valence electrons. The molecule has 1 aliphatic rings. The zero-order valence-electron chi connectivity index (χ0n) is 8.99. The third-order valence-corrected chi connectivity index (χ3v) is 60.8. The van der Waals surface area contributed by atoms with E-state index in [2.05, 4.69) is 25.2 Å². The van der Waals surface area contributed by atoms with Crippen molar-refractivity contribution in [3.05, 3.63) is 0 Å². The third kappa shape index (κ3) is 63.0. The normalized spacial score (nSPS) is 8.00. The first kappa shape index (κ1) is 78.1. The molecule has 0 bridgehead atoms. The van der Waals surface area contributed by atoms with Crippen LogP contribution in [0.5, 0.6) is 0 Å². The van der Waals surface area contributed by atoms with E-state index in [1.54, 1.807) is 0 Å². The standard InChI is InChI=1S/4Ba.2ClH.Ge3S3.6H2S/c;;;;;;1-4-2-6-3-5-1;;;;;;/h;;;;2*1H;;6*1H2/q4*+2;;;;;;;;;/p-8. The Hall–Kier alpha value is 11.6. The Morgan fingerprint density at radius 2 is 0.500 bits per heavy atom. The van der Waals surface area contributed by atoms with E-state index in [-0.39, 0.29) is 301 Å². The molecule has 1 fully saturated rings. The molecular weight excluding hydrogens is 1130 g/mol. The first-order valence-corrected chi connectivity index (χ1v) is 19.1. The molecule has 1 saturated heterocycles. The zero-order chi connectivity index (χ0) is 4.24. The molecule has 0 atom stereocenters. The Bertz CT molecular complexity index is 47.3. The minimum absolute atomic E-state index is 0. The van der Waals surface area contributed by atoms with Crippen LogP contribution in [0.2, 0.25) is 0 Å². The molecule has 18 heavy (non-hydrogen) atoms. The zero-order valence-corrected chi connectivity index (χ0v) is 42.4. The van der Waals surface area contributed by atoms with Gasteiger partial charge in [-0.05, 0) is 0 Å². The summed E-state index contributed by atoms with van der Waals surface area (Å²) in [5, 5.41) is 0. The van der Waals surface area contributed by atoms with Gasteiger partial charge in [0, 0.05) is 0 Å². The van der Waals surface area contributed by atoms with Crippen molar-refractivity contribution in [3.8, 4) is 0 Å². The van der Waals surface area contributed by atoms with Crippen LogP contribution >= 0.6 is 25.2 Å². The Labute approximate surface area is 353 Å². The van der Waals surface area contributed by atoms with Crippen LogP contribution in [0, 0.1) is 0 Å². The van der Waals surface area contributed by atoms with Gasteiger partial charge in [0.05, 0.1) is 0 Å². The van der Waals surface area contributed by atoms with E-state index in [0.29, 0.717) is 39.4 Å². The predicted molar refractivity (Wildman–Crippen MR) is 116 cm³/mol. The number of halogens is 2. The van der Waals surface area contributed by atoms with Crippen molar-refractivity contribution >= 4 is 341 Å². The molecule has 0 spiro atoms. The maximum atomic E-state index is 2.30. The molecule has 1 aliphatic heterocycles. The van der Waals surface area contributed by atoms with E-state index in [9.17, 15) is 0 Å². The van der Waals surface area contributed by atoms with Crippen molar-refractivity contribution in [3.63, 3.8) is 0 Å². The van der Waals surface area contributed by atoms with Crippen molar-refractivity contribution in [1.29, 1.82) is 0 Å². The fourth-order valence-electron chi connectivity index (χ4n) is 0.114. The number of rotatable bonds is 0. The number of thiol groups is 6. The molecule has 6 radical (unpaired) electrons. The van der Waals surface area contributed by atoms with Gasteiger partial charge in [-0.1, -0.05) is 0 Å². The van der Waals surface area contributed by atoms with Crippen molar-refractivity contribution < 1.29 is 24.8 Å². The Morgan fingerprint density at radius 1 is 0.389 bits per heavy atom. The van der Waals surface area contributed by atoms with Crippen LogP contribution in [0.4, 0.5) is 0 Å². The topological polar surface area (TPSA) is 0 Å². The van der Waals surface area contributed by atoms with E-state index >= 15 is 0 Å². The summed E-state index contributed by atoms with van der Waals surface area (Å²) in [6.45, 7) is 0. The molecule has 0 aliphatic carbocycles. The van der Waals surface area contributed by atoms with E-state index in [0.717, 1.165) is 0 Å². The first-order valence-electron chi connectivity index (χ1n) is 1.22. The summed E-state index contributed by atoms with van der Waals surface area (Å²) in [6, 6.07) is 0. The van der Waals surface area contributed by atoms with Crippen LogP contribution < -0.4 is 24.8 Å². The van der Waals surface area contributed by atoms with Gasteiger partial charge < -0.3 is 106 Å². The second-order valence-electron chi connectivity index (χ2n) is 0.556. The van der Waals surface area contributed by atoms with Gasteiger partial charge in [-0.15, -0.1) is 0 Å². The van der Waals surface area contributed by atoms with E-state index < -0.39 is 0 Å². The monoisotopic (exact) mass is 1140 g/mol. The van der Waals surface area contributed by atoms with E-state index in [1.165, 1.54) is 0 Å². The molecular formula is H6Ba4Cl2Ge3S9. The molecule has 0 aromatic heterocycles. The molecule has 0 N–H and O–H groups in total. The summed E-state index contributed by atoms with van der Waals surface area (Å²) in [7, 11) is 6.91. The van der Waals surface area contributed by atoms with Crippen LogP contribution in [0.25, 0.3) is 0 Å². The summed E-state index contributed by atoms with van der Waals surface area (Å²) in [5.74, 6) is 0. The molecule has 0 unspecified atom stereocenters. The quantitative estimate of drug-likeness (QED) is 0.131. The number of hydrogen-bond acceptors (Lipinski definition) is 9. The van der Waals surface area contributed by atoms with Crippen molar-refractivity contribution in [2.24, 2.45) is 0 Å². The van der Waals surface area contributed by atoms with Crippen LogP contribution in [0.1, 0.15) is 0 Å². The summed E-state index contributed by atoms with van der Waals surface area (Å²) in [4.78, 5) is 0. The van der Waals surface area contributed by atoms with Crippen LogP contribution in [0.3, 0.4) is 0 Å². The molecule has 1 heterocycles. The minimum atomic E-state index is 0. The Morgan fingerprint density at radius 3 is 0.556 bits per heavy atom. The van der Waals surface area contributed by atoms with E-state index in [4.69, 9.17) is 0 Å². The third-order valence-electron chi connectivity index (χ3n) is 0.250. The van der Waals surface area contributed by atoms with Crippen LogP contribution in [-0.2, 0) is 81.0 Å². The predicted octanol–water partition coefficient (Wildman–Crippen LogP) is -8.33. The number of hydrogen-bond donors (Lipinski definition) is 0. The first-order chi connectivity index (χ1) is 3.00. The van der Waals surface area contributed by atoms with E-state index in [1.807, 2.05) is 0 Å². The summed E-state index contributed by atoms with van der Waals surface area (Å²) >= 11 is 1.59. The summed E-state index contributed by atoms with van der Waals surface area (Å²) < 4.78 is 0. The van der Waals surface area contributed by atoms with Crippen LogP contribution in [0.15, 0.2) is 0 Å². The van der Waals surface area contributed by atoms with Crippen molar-refractivity contribution in [2.75, 3.05) is 0 Å². The molecule has 1 rings (SSSR count). The summed E-state index contributed by atoms with van der Waals surface area (Å²) in [6.07, 6.45) is 0. The van der Waals surface area contributed by atoms with Gasteiger partial charge in [-0.2, -0.15) is 0 Å². The average molecular weight is 1130 g/mol. The Balaban J connectivity index is -0.00000000300. The molecule has 0 saturated carbocycles. The molecule has 0 aromatic carbocycles. The van der Waals surface area contributed by atoms with Gasteiger partial charge >= 0.3 is 260 Å². The maximum absolute atomic E-state index is 2.30. The van der Waals surface area contributed by atoms with Gasteiger partial charge in [0.25, 0.3) is 0 Å².